The van der Waals surface area contributed by atoms with Crippen molar-refractivity contribution in [3.8, 4) is 6.07 Å². The molecule has 1 aromatic carbocycles. The summed E-state index contributed by atoms with van der Waals surface area (Å²) in [7, 11) is 0. The van der Waals surface area contributed by atoms with Crippen LogP contribution < -0.4 is 0 Å². The number of cyclic esters (lactones) is 1. The quantitative estimate of drug-likeness (QED) is 0.199. The molecule has 44 heavy (non-hydrogen) atoms. The molecule has 1 aliphatic carbocycles. The number of alkyl halides is 3. The summed E-state index contributed by atoms with van der Waals surface area (Å²) in [4.78, 5) is 35.9. The first kappa shape index (κ1) is 31.6. The summed E-state index contributed by atoms with van der Waals surface area (Å²) in [6, 6.07) is 8.16. The second-order valence-corrected chi connectivity index (χ2v) is 12.4. The van der Waals surface area contributed by atoms with E-state index in [2.05, 4.69) is 21.1 Å². The van der Waals surface area contributed by atoms with Crippen LogP contribution in [-0.2, 0) is 38.8 Å². The molecule has 0 bridgehead atoms. The molecule has 0 N–H and O–H groups in total. The number of halogens is 3. The average Bonchev–Trinajstić information content (AvgIpc) is 3.66. The second kappa shape index (κ2) is 11.9. The van der Waals surface area contributed by atoms with E-state index in [1.807, 2.05) is 19.9 Å². The Balaban J connectivity index is 1.40. The molecule has 0 spiro atoms. The highest BCUT2D eigenvalue weighted by atomic mass is 19.4. The van der Waals surface area contributed by atoms with Crippen molar-refractivity contribution in [2.24, 2.45) is 11.8 Å². The Labute approximate surface area is 255 Å². The van der Waals surface area contributed by atoms with Gasteiger partial charge in [0.2, 0.25) is 0 Å². The summed E-state index contributed by atoms with van der Waals surface area (Å²) < 4.78 is 50.6. The van der Waals surface area contributed by atoms with Gasteiger partial charge in [0.05, 0.1) is 17.0 Å². The van der Waals surface area contributed by atoms with Crippen LogP contribution in [-0.4, -0.2) is 36.9 Å². The van der Waals surface area contributed by atoms with Crippen LogP contribution >= 0.6 is 0 Å². The number of ether oxygens (including phenoxy) is 1. The number of esters is 1. The SMILES string of the molecule is CCC(C#N)(CC)c1ccc(CCC2(C3CCCC3)CC(=O)C(Cc3nc4nc(C)cc(C)n4n3)C(=O)O2)cc1C(F)(F)F. The van der Waals surface area contributed by atoms with Crippen LogP contribution in [0.4, 0.5) is 13.2 Å². The van der Waals surface area contributed by atoms with Gasteiger partial charge in [0.15, 0.2) is 11.6 Å². The molecule has 5 rings (SSSR count). The highest BCUT2D eigenvalue weighted by Crippen LogP contribution is 2.46. The maximum absolute atomic E-state index is 14.3. The van der Waals surface area contributed by atoms with Crippen LogP contribution in [0.2, 0.25) is 0 Å². The summed E-state index contributed by atoms with van der Waals surface area (Å²) in [5, 5.41) is 14.3. The van der Waals surface area contributed by atoms with Crippen molar-refractivity contribution in [2.45, 2.75) is 109 Å². The topological polar surface area (TPSA) is 110 Å². The lowest BCUT2D eigenvalue weighted by Gasteiger charge is -2.43. The van der Waals surface area contributed by atoms with E-state index in [0.29, 0.717) is 17.2 Å². The summed E-state index contributed by atoms with van der Waals surface area (Å²) >= 11 is 0. The fraction of sp³-hybridized carbons (Fsp3) is 0.576. The molecule has 11 heteroatoms. The minimum atomic E-state index is -4.64. The van der Waals surface area contributed by atoms with Gasteiger partial charge in [-0.3, -0.25) is 9.59 Å². The van der Waals surface area contributed by atoms with Crippen molar-refractivity contribution in [2.75, 3.05) is 0 Å². The first-order valence-electron chi connectivity index (χ1n) is 15.4. The third kappa shape index (κ3) is 5.83. The lowest BCUT2D eigenvalue weighted by molar-refractivity contribution is -0.185. The van der Waals surface area contributed by atoms with Crippen molar-refractivity contribution in [1.29, 1.82) is 5.26 Å². The lowest BCUT2D eigenvalue weighted by Crippen LogP contribution is -2.52. The van der Waals surface area contributed by atoms with E-state index < -0.39 is 34.6 Å². The monoisotopic (exact) mass is 609 g/mol. The molecule has 0 radical (unpaired) electrons. The molecule has 234 valence electrons. The fourth-order valence-corrected chi connectivity index (χ4v) is 7.16. The number of nitriles is 1. The molecule has 3 aromatic rings. The first-order chi connectivity index (χ1) is 20.8. The highest BCUT2D eigenvalue weighted by Gasteiger charge is 2.52. The molecular formula is C33H38F3N5O3. The maximum atomic E-state index is 14.3. The van der Waals surface area contributed by atoms with Gasteiger partial charge in [-0.05, 0) is 81.5 Å². The smallest absolute Gasteiger partial charge is 0.416 e. The third-order valence-corrected chi connectivity index (χ3v) is 9.76. The third-order valence-electron chi connectivity index (χ3n) is 9.76. The number of nitrogens with zero attached hydrogens (tertiary/aromatic N) is 5. The van der Waals surface area contributed by atoms with Crippen LogP contribution in [0.3, 0.4) is 0 Å². The van der Waals surface area contributed by atoms with Crippen molar-refractivity contribution in [3.63, 3.8) is 0 Å². The predicted molar refractivity (Wildman–Crippen MR) is 155 cm³/mol. The van der Waals surface area contributed by atoms with Gasteiger partial charge >= 0.3 is 12.1 Å². The molecule has 3 heterocycles. The van der Waals surface area contributed by atoms with Crippen LogP contribution in [0.15, 0.2) is 24.3 Å². The first-order valence-corrected chi connectivity index (χ1v) is 15.4. The number of carbonyl (C=O) groups excluding carboxylic acids is 2. The number of hydrogen-bond donors (Lipinski definition) is 0. The molecule has 2 fully saturated rings. The van der Waals surface area contributed by atoms with E-state index in [4.69, 9.17) is 4.74 Å². The Morgan fingerprint density at radius 2 is 1.77 bits per heavy atom. The number of rotatable bonds is 9. The van der Waals surface area contributed by atoms with Crippen molar-refractivity contribution >= 4 is 17.5 Å². The largest absolute Gasteiger partial charge is 0.458 e. The summed E-state index contributed by atoms with van der Waals surface area (Å²) in [5.74, 6) is -1.28. The Hall–Kier alpha value is -3.81. The Kier molecular flexibility index (Phi) is 8.58. The van der Waals surface area contributed by atoms with Gasteiger partial charge in [-0.25, -0.2) is 9.50 Å². The minimum Gasteiger partial charge on any atom is -0.458 e. The number of Topliss-reactive ketones (excluding diaryl/α,β-unsaturated/α-hetero) is 1. The number of ketones is 1. The Bertz CT molecular complexity index is 1600. The van der Waals surface area contributed by atoms with Gasteiger partial charge in [-0.2, -0.15) is 23.4 Å². The number of fused-ring (bicyclic) bond motifs is 1. The zero-order chi connectivity index (χ0) is 31.9. The van der Waals surface area contributed by atoms with Crippen molar-refractivity contribution in [1.82, 2.24) is 19.6 Å². The zero-order valence-corrected chi connectivity index (χ0v) is 25.6. The van der Waals surface area contributed by atoms with Crippen LogP contribution in [0.1, 0.15) is 99.1 Å². The van der Waals surface area contributed by atoms with E-state index in [0.717, 1.165) is 43.1 Å². The summed E-state index contributed by atoms with van der Waals surface area (Å²) in [5.41, 5.74) is -1.12. The molecule has 1 saturated carbocycles. The van der Waals surface area contributed by atoms with Crippen LogP contribution in [0, 0.1) is 37.0 Å². The van der Waals surface area contributed by atoms with Crippen LogP contribution in [0.5, 0.6) is 0 Å². The molecule has 8 nitrogen and oxygen atoms in total. The summed E-state index contributed by atoms with van der Waals surface area (Å²) in [6.07, 6.45) is -0.246. The zero-order valence-electron chi connectivity index (χ0n) is 25.6. The molecule has 2 unspecified atom stereocenters. The second-order valence-electron chi connectivity index (χ2n) is 12.4. The van der Waals surface area contributed by atoms with Crippen LogP contribution in [0.25, 0.3) is 5.78 Å². The van der Waals surface area contributed by atoms with Gasteiger partial charge < -0.3 is 4.74 Å². The standard InChI is InChI=1S/C33H38F3N5O3/c1-5-31(6-2,19-37)25-12-11-22(16-26(25)33(34,35)36)13-14-32(23-9-7-8-10-23)18-27(42)24(29(43)44-32)17-28-39-30-38-20(3)15-21(4)41(30)40-28/h11-12,15-16,23-24H,5-10,13-14,17-18H2,1-4H3. The van der Waals surface area contributed by atoms with Crippen molar-refractivity contribution in [3.05, 3.63) is 58.2 Å². The van der Waals surface area contributed by atoms with E-state index in [1.165, 1.54) is 6.07 Å². The lowest BCUT2D eigenvalue weighted by atomic mass is 9.73. The number of benzene rings is 1. The predicted octanol–water partition coefficient (Wildman–Crippen LogP) is 6.58. The molecule has 2 aromatic heterocycles. The molecule has 0 amide bonds. The molecule has 2 aliphatic rings. The molecule has 1 aliphatic heterocycles. The van der Waals surface area contributed by atoms with Gasteiger partial charge in [-0.15, -0.1) is 5.10 Å². The number of carbonyl (C=O) groups is 2. The van der Waals surface area contributed by atoms with Gasteiger partial charge in [0.25, 0.3) is 5.78 Å². The summed E-state index contributed by atoms with van der Waals surface area (Å²) in [6.45, 7) is 7.16. The van der Waals surface area contributed by atoms with Gasteiger partial charge in [0.1, 0.15) is 11.5 Å². The number of aromatic nitrogens is 4. The fourth-order valence-electron chi connectivity index (χ4n) is 7.16. The van der Waals surface area contributed by atoms with E-state index in [-0.39, 0.29) is 55.8 Å². The van der Waals surface area contributed by atoms with E-state index in [1.54, 1.807) is 24.4 Å². The van der Waals surface area contributed by atoms with E-state index in [9.17, 15) is 28.0 Å². The Morgan fingerprint density at radius 3 is 2.39 bits per heavy atom. The minimum absolute atomic E-state index is 0.00521. The number of hydrogen-bond acceptors (Lipinski definition) is 7. The molecule has 2 atom stereocenters. The highest BCUT2D eigenvalue weighted by molar-refractivity contribution is 6.01. The molecular weight excluding hydrogens is 571 g/mol. The van der Waals surface area contributed by atoms with Gasteiger partial charge in [-0.1, -0.05) is 38.8 Å². The van der Waals surface area contributed by atoms with E-state index >= 15 is 0 Å². The number of aryl methyl sites for hydroxylation is 3. The Morgan fingerprint density at radius 1 is 1.07 bits per heavy atom. The van der Waals surface area contributed by atoms with Gasteiger partial charge in [0, 0.05) is 24.2 Å². The van der Waals surface area contributed by atoms with Crippen molar-refractivity contribution < 1.29 is 27.5 Å². The average molecular weight is 610 g/mol. The molecule has 1 saturated heterocycles. The maximum Gasteiger partial charge on any atom is 0.416 e. The normalized spacial score (nSPS) is 21.5.